The van der Waals surface area contributed by atoms with E-state index in [1.807, 2.05) is 19.9 Å². The molecule has 3 rings (SSSR count). The Labute approximate surface area is 155 Å². The van der Waals surface area contributed by atoms with Crippen LogP contribution in [0, 0.1) is 0 Å². The van der Waals surface area contributed by atoms with Gasteiger partial charge in [-0.15, -0.1) is 0 Å². The van der Waals surface area contributed by atoms with Gasteiger partial charge in [0.05, 0.1) is 0 Å². The molecule has 6 nitrogen and oxygen atoms in total. The Hall–Kier alpha value is -2.60. The van der Waals surface area contributed by atoms with E-state index < -0.39 is 0 Å². The highest BCUT2D eigenvalue weighted by Crippen LogP contribution is 2.22. The third-order valence-electron chi connectivity index (χ3n) is 4.44. The van der Waals surface area contributed by atoms with Crippen molar-refractivity contribution in [3.8, 4) is 0 Å². The normalized spacial score (nSPS) is 15.2. The van der Waals surface area contributed by atoms with E-state index in [1.165, 1.54) is 5.69 Å². The number of hydrogen-bond acceptors (Lipinski definition) is 5. The highest BCUT2D eigenvalue weighted by atomic mass is 16.1. The molecule has 2 heterocycles. The first-order valence-electron chi connectivity index (χ1n) is 9.09. The summed E-state index contributed by atoms with van der Waals surface area (Å²) in [7, 11) is 2.16. The third-order valence-corrected chi connectivity index (χ3v) is 4.44. The fraction of sp³-hybridized carbons (Fsp3) is 0.400. The van der Waals surface area contributed by atoms with Crippen LogP contribution in [0.3, 0.4) is 0 Å². The number of likely N-dealkylation sites (N-methyl/N-ethyl adjacent to an activating group) is 1. The SMILES string of the molecule is CC(C)NC(=O)c1cc(Nc2ccc(N3CCN(C)CC3)cc2)ccn1. The van der Waals surface area contributed by atoms with Gasteiger partial charge in [0.1, 0.15) is 5.69 Å². The van der Waals surface area contributed by atoms with E-state index in [1.54, 1.807) is 12.3 Å². The number of anilines is 3. The van der Waals surface area contributed by atoms with Crippen molar-refractivity contribution < 1.29 is 4.79 Å². The molecular weight excluding hydrogens is 326 g/mol. The van der Waals surface area contributed by atoms with Gasteiger partial charge in [0.2, 0.25) is 0 Å². The van der Waals surface area contributed by atoms with Crippen LogP contribution in [0.15, 0.2) is 42.6 Å². The highest BCUT2D eigenvalue weighted by Gasteiger charge is 2.14. The first-order chi connectivity index (χ1) is 12.5. The van der Waals surface area contributed by atoms with Crippen molar-refractivity contribution in [3.05, 3.63) is 48.3 Å². The van der Waals surface area contributed by atoms with Crippen LogP contribution < -0.4 is 15.5 Å². The number of nitrogens with zero attached hydrogens (tertiary/aromatic N) is 3. The first kappa shape index (κ1) is 18.2. The van der Waals surface area contributed by atoms with Crippen molar-refractivity contribution in [1.29, 1.82) is 0 Å². The molecule has 2 N–H and O–H groups in total. The minimum absolute atomic E-state index is 0.0861. The topological polar surface area (TPSA) is 60.5 Å². The summed E-state index contributed by atoms with van der Waals surface area (Å²) >= 11 is 0. The number of pyridine rings is 1. The zero-order valence-corrected chi connectivity index (χ0v) is 15.7. The largest absolute Gasteiger partial charge is 0.369 e. The zero-order chi connectivity index (χ0) is 18.5. The Morgan fingerprint density at radius 1 is 1.04 bits per heavy atom. The number of aromatic nitrogens is 1. The van der Waals surface area contributed by atoms with Crippen LogP contribution in [0.1, 0.15) is 24.3 Å². The van der Waals surface area contributed by atoms with Crippen molar-refractivity contribution in [2.24, 2.45) is 0 Å². The van der Waals surface area contributed by atoms with E-state index in [4.69, 9.17) is 0 Å². The van der Waals surface area contributed by atoms with Crippen LogP contribution >= 0.6 is 0 Å². The van der Waals surface area contributed by atoms with Gasteiger partial charge in [0, 0.05) is 55.5 Å². The summed E-state index contributed by atoms with van der Waals surface area (Å²) in [6.45, 7) is 8.17. The van der Waals surface area contributed by atoms with Crippen LogP contribution in [0.5, 0.6) is 0 Å². The average molecular weight is 353 g/mol. The lowest BCUT2D eigenvalue weighted by molar-refractivity contribution is 0.0938. The van der Waals surface area contributed by atoms with Crippen LogP contribution in [0.2, 0.25) is 0 Å². The number of hydrogen-bond donors (Lipinski definition) is 2. The lowest BCUT2D eigenvalue weighted by atomic mass is 10.2. The molecule has 26 heavy (non-hydrogen) atoms. The maximum absolute atomic E-state index is 12.1. The molecule has 138 valence electrons. The van der Waals surface area contributed by atoms with Crippen molar-refractivity contribution in [3.63, 3.8) is 0 Å². The van der Waals surface area contributed by atoms with Crippen LogP contribution in [-0.4, -0.2) is 55.1 Å². The molecule has 0 spiro atoms. The van der Waals surface area contributed by atoms with Crippen molar-refractivity contribution in [2.75, 3.05) is 43.4 Å². The highest BCUT2D eigenvalue weighted by molar-refractivity contribution is 5.93. The summed E-state index contributed by atoms with van der Waals surface area (Å²) in [6.07, 6.45) is 1.65. The maximum Gasteiger partial charge on any atom is 0.270 e. The fourth-order valence-electron chi connectivity index (χ4n) is 2.96. The summed E-state index contributed by atoms with van der Waals surface area (Å²) in [6, 6.07) is 12.1. The Balaban J connectivity index is 1.65. The quantitative estimate of drug-likeness (QED) is 0.865. The van der Waals surface area contributed by atoms with Crippen molar-refractivity contribution in [2.45, 2.75) is 19.9 Å². The number of nitrogens with one attached hydrogen (secondary N) is 2. The van der Waals surface area contributed by atoms with Gasteiger partial charge in [0.15, 0.2) is 0 Å². The molecule has 1 aromatic heterocycles. The second-order valence-electron chi connectivity index (χ2n) is 7.02. The number of benzene rings is 1. The molecule has 1 saturated heterocycles. The van der Waals surface area contributed by atoms with Gasteiger partial charge >= 0.3 is 0 Å². The third kappa shape index (κ3) is 4.73. The zero-order valence-electron chi connectivity index (χ0n) is 15.7. The summed E-state index contributed by atoms with van der Waals surface area (Å²) in [5.41, 5.74) is 3.50. The van der Waals surface area contributed by atoms with Gasteiger partial charge in [-0.05, 0) is 57.3 Å². The van der Waals surface area contributed by atoms with Crippen LogP contribution in [0.25, 0.3) is 0 Å². The van der Waals surface area contributed by atoms with E-state index in [0.717, 1.165) is 37.6 Å². The fourth-order valence-corrected chi connectivity index (χ4v) is 2.96. The van der Waals surface area contributed by atoms with Gasteiger partial charge in [-0.1, -0.05) is 0 Å². The second-order valence-corrected chi connectivity index (χ2v) is 7.02. The van der Waals surface area contributed by atoms with Crippen LogP contribution in [-0.2, 0) is 0 Å². The first-order valence-corrected chi connectivity index (χ1v) is 9.09. The molecule has 1 amide bonds. The minimum Gasteiger partial charge on any atom is -0.369 e. The molecule has 0 atom stereocenters. The molecule has 0 bridgehead atoms. The number of carbonyl (C=O) groups is 1. The molecule has 6 heteroatoms. The average Bonchev–Trinajstić information content (AvgIpc) is 2.63. The molecule has 0 saturated carbocycles. The summed E-state index contributed by atoms with van der Waals surface area (Å²) in [5.74, 6) is -0.158. The van der Waals surface area contributed by atoms with Gasteiger partial charge in [-0.25, -0.2) is 0 Å². The molecule has 1 aromatic carbocycles. The number of piperazine rings is 1. The molecule has 0 aliphatic carbocycles. The predicted octanol–water partition coefficient (Wildman–Crippen LogP) is 2.72. The van der Waals surface area contributed by atoms with Gasteiger partial charge < -0.3 is 20.4 Å². The lowest BCUT2D eigenvalue weighted by Gasteiger charge is -2.34. The lowest BCUT2D eigenvalue weighted by Crippen LogP contribution is -2.44. The molecule has 0 unspecified atom stereocenters. The van der Waals surface area contributed by atoms with Crippen molar-refractivity contribution >= 4 is 23.0 Å². The molecular formula is C20H27N5O. The number of amides is 1. The predicted molar refractivity (Wildman–Crippen MR) is 106 cm³/mol. The smallest absolute Gasteiger partial charge is 0.270 e. The van der Waals surface area contributed by atoms with E-state index in [9.17, 15) is 4.79 Å². The number of carbonyl (C=O) groups excluding carboxylic acids is 1. The molecule has 1 aliphatic heterocycles. The number of rotatable bonds is 5. The van der Waals surface area contributed by atoms with E-state index >= 15 is 0 Å². The van der Waals surface area contributed by atoms with Crippen molar-refractivity contribution in [1.82, 2.24) is 15.2 Å². The monoisotopic (exact) mass is 353 g/mol. The van der Waals surface area contributed by atoms with E-state index in [0.29, 0.717) is 5.69 Å². The molecule has 1 aliphatic rings. The molecule has 1 fully saturated rings. The summed E-state index contributed by atoms with van der Waals surface area (Å²) < 4.78 is 0. The molecule has 0 radical (unpaired) electrons. The Morgan fingerprint density at radius 3 is 2.38 bits per heavy atom. The van der Waals surface area contributed by atoms with Gasteiger partial charge in [-0.2, -0.15) is 0 Å². The summed E-state index contributed by atoms with van der Waals surface area (Å²) in [5, 5.41) is 6.20. The maximum atomic E-state index is 12.1. The Kier molecular flexibility index (Phi) is 5.73. The second kappa shape index (κ2) is 8.19. The standard InChI is InChI=1S/C20H27N5O/c1-15(2)22-20(26)19-14-17(8-9-21-19)23-16-4-6-18(7-5-16)25-12-10-24(3)11-13-25/h4-9,14-15H,10-13H2,1-3H3,(H,21,23)(H,22,26). The van der Waals surface area contributed by atoms with E-state index in [2.05, 4.69) is 56.7 Å². The summed E-state index contributed by atoms with van der Waals surface area (Å²) in [4.78, 5) is 21.0. The van der Waals surface area contributed by atoms with Gasteiger partial charge in [0.25, 0.3) is 5.91 Å². The minimum atomic E-state index is -0.158. The van der Waals surface area contributed by atoms with E-state index in [-0.39, 0.29) is 11.9 Å². The molecule has 2 aromatic rings. The Morgan fingerprint density at radius 2 is 1.73 bits per heavy atom. The van der Waals surface area contributed by atoms with Gasteiger partial charge in [-0.3, -0.25) is 9.78 Å². The Bertz CT molecular complexity index is 736. The van der Waals surface area contributed by atoms with Crippen LogP contribution in [0.4, 0.5) is 17.1 Å².